The average Bonchev–Trinajstić information content (AvgIpc) is 2.98. The van der Waals surface area contributed by atoms with Crippen LogP contribution < -0.4 is 35.2 Å². The number of anilines is 2. The summed E-state index contributed by atoms with van der Waals surface area (Å²) in [5.74, 6) is 2.48. The molecule has 0 aliphatic rings. The van der Waals surface area contributed by atoms with Gasteiger partial charge in [0.15, 0.2) is 0 Å². The molecule has 6 N–H and O–H groups in total. The Kier molecular flexibility index (Phi) is 10.5. The first-order valence-electron chi connectivity index (χ1n) is 13.5. The van der Waals surface area contributed by atoms with Crippen molar-refractivity contribution in [3.05, 3.63) is 84.9 Å². The standard InChI is InChI=1S/C32H32N2O9/c33-27-15-13-25(19-29(27)39-17-1-3-31(35)36)42-23-9-5-21(6-10-23)41-22-7-11-24(12-8-22)43-26-14-16-28(34)30(20-26)40-18-2-4-32(37)38/h5-16,19-20H,1-4,17-18,33-34H2,(H,35,36)(H,37,38). The molecule has 0 heterocycles. The van der Waals surface area contributed by atoms with Crippen molar-refractivity contribution < 1.29 is 43.5 Å². The topological polar surface area (TPSA) is 173 Å². The molecule has 0 aromatic heterocycles. The number of hydrogen-bond acceptors (Lipinski definition) is 9. The monoisotopic (exact) mass is 588 g/mol. The first-order chi connectivity index (χ1) is 20.7. The molecule has 0 saturated carbocycles. The predicted molar refractivity (Wildman–Crippen MR) is 160 cm³/mol. The van der Waals surface area contributed by atoms with Crippen molar-refractivity contribution in [3.8, 4) is 46.0 Å². The number of nitrogen functional groups attached to an aromatic ring is 2. The molecule has 0 aliphatic heterocycles. The first kappa shape index (κ1) is 30.4. The van der Waals surface area contributed by atoms with Crippen LogP contribution in [-0.4, -0.2) is 35.4 Å². The Morgan fingerprint density at radius 1 is 0.512 bits per heavy atom. The maximum absolute atomic E-state index is 10.7. The molecule has 224 valence electrons. The molecule has 0 saturated heterocycles. The van der Waals surface area contributed by atoms with Gasteiger partial charge in [0.2, 0.25) is 0 Å². The third kappa shape index (κ3) is 9.78. The lowest BCUT2D eigenvalue weighted by Crippen LogP contribution is -2.03. The summed E-state index contributed by atoms with van der Waals surface area (Å²) in [6.07, 6.45) is 0.772. The number of carbonyl (C=O) groups is 2. The van der Waals surface area contributed by atoms with Gasteiger partial charge >= 0.3 is 11.9 Å². The highest BCUT2D eigenvalue weighted by molar-refractivity contribution is 5.67. The number of carboxylic acids is 2. The fourth-order valence-corrected chi connectivity index (χ4v) is 3.78. The Labute approximate surface area is 248 Å². The van der Waals surface area contributed by atoms with Crippen LogP contribution in [0.5, 0.6) is 46.0 Å². The number of nitrogens with two attached hydrogens (primary N) is 2. The molecule has 0 atom stereocenters. The minimum absolute atomic E-state index is 0.0164. The smallest absolute Gasteiger partial charge is 0.303 e. The molecule has 0 radical (unpaired) electrons. The summed E-state index contributed by atoms with van der Waals surface area (Å²) in [5.41, 5.74) is 12.8. The predicted octanol–water partition coefficient (Wildman–Crippen LogP) is 6.72. The summed E-state index contributed by atoms with van der Waals surface area (Å²) in [7, 11) is 0. The van der Waals surface area contributed by atoms with E-state index in [1.807, 2.05) is 0 Å². The van der Waals surface area contributed by atoms with Gasteiger partial charge in [-0.15, -0.1) is 0 Å². The van der Waals surface area contributed by atoms with Gasteiger partial charge in [-0.1, -0.05) is 0 Å². The van der Waals surface area contributed by atoms with Gasteiger partial charge in [-0.2, -0.15) is 0 Å². The first-order valence-corrected chi connectivity index (χ1v) is 13.5. The molecule has 0 unspecified atom stereocenters. The van der Waals surface area contributed by atoms with Crippen molar-refractivity contribution in [3.63, 3.8) is 0 Å². The highest BCUT2D eigenvalue weighted by atomic mass is 16.5. The molecular weight excluding hydrogens is 556 g/mol. The zero-order valence-corrected chi connectivity index (χ0v) is 23.2. The van der Waals surface area contributed by atoms with Crippen molar-refractivity contribution >= 4 is 23.3 Å². The number of benzene rings is 4. The Balaban J connectivity index is 1.29. The lowest BCUT2D eigenvalue weighted by atomic mass is 10.2. The molecule has 0 fully saturated rings. The van der Waals surface area contributed by atoms with Gasteiger partial charge in [0.1, 0.15) is 46.0 Å². The van der Waals surface area contributed by atoms with Crippen molar-refractivity contribution in [2.75, 3.05) is 24.7 Å². The van der Waals surface area contributed by atoms with E-state index >= 15 is 0 Å². The van der Waals surface area contributed by atoms with E-state index in [1.165, 1.54) is 0 Å². The normalized spacial score (nSPS) is 10.5. The van der Waals surface area contributed by atoms with E-state index in [-0.39, 0.29) is 26.1 Å². The number of rotatable bonds is 16. The van der Waals surface area contributed by atoms with Gasteiger partial charge in [0.05, 0.1) is 24.6 Å². The quantitative estimate of drug-likeness (QED) is 0.0808. The third-order valence-electron chi connectivity index (χ3n) is 5.91. The van der Waals surface area contributed by atoms with Gasteiger partial charge in [0.25, 0.3) is 0 Å². The van der Waals surface area contributed by atoms with Crippen LogP contribution in [0.1, 0.15) is 25.7 Å². The van der Waals surface area contributed by atoms with E-state index in [4.69, 9.17) is 45.4 Å². The number of aliphatic carboxylic acids is 2. The van der Waals surface area contributed by atoms with Crippen LogP contribution in [0.25, 0.3) is 0 Å². The van der Waals surface area contributed by atoms with Crippen LogP contribution in [-0.2, 0) is 9.59 Å². The molecule has 0 bridgehead atoms. The molecular formula is C32H32N2O9. The number of hydrogen-bond donors (Lipinski definition) is 4. The van der Waals surface area contributed by atoms with Crippen LogP contribution in [0.15, 0.2) is 84.9 Å². The van der Waals surface area contributed by atoms with Crippen molar-refractivity contribution in [2.24, 2.45) is 0 Å². The maximum atomic E-state index is 10.7. The van der Waals surface area contributed by atoms with Gasteiger partial charge in [-0.3, -0.25) is 9.59 Å². The fraction of sp³-hybridized carbons (Fsp3) is 0.188. The Morgan fingerprint density at radius 2 is 0.814 bits per heavy atom. The van der Waals surface area contributed by atoms with Gasteiger partial charge in [0, 0.05) is 25.0 Å². The number of carboxylic acid groups (broad SMARTS) is 2. The van der Waals surface area contributed by atoms with Crippen LogP contribution in [0.4, 0.5) is 11.4 Å². The molecule has 11 heteroatoms. The van der Waals surface area contributed by atoms with Crippen LogP contribution in [0, 0.1) is 0 Å². The molecule has 0 spiro atoms. The summed E-state index contributed by atoms with van der Waals surface area (Å²) in [6.45, 7) is 0.460. The number of ether oxygens (including phenoxy) is 5. The van der Waals surface area contributed by atoms with Gasteiger partial charge in [-0.25, -0.2) is 0 Å². The SMILES string of the molecule is Nc1ccc(Oc2ccc(Oc3ccc(Oc4ccc(N)c(OCCCC(=O)O)c4)cc3)cc2)cc1OCCCC(=O)O. The van der Waals surface area contributed by atoms with Crippen LogP contribution >= 0.6 is 0 Å². The molecule has 4 rings (SSSR count). The van der Waals surface area contributed by atoms with Gasteiger partial charge in [-0.05, 0) is 85.6 Å². The largest absolute Gasteiger partial charge is 0.491 e. The van der Waals surface area contributed by atoms with Crippen molar-refractivity contribution in [1.82, 2.24) is 0 Å². The zero-order chi connectivity index (χ0) is 30.6. The highest BCUT2D eigenvalue weighted by Gasteiger charge is 2.08. The fourth-order valence-electron chi connectivity index (χ4n) is 3.78. The summed E-state index contributed by atoms with van der Waals surface area (Å²) < 4.78 is 29.0. The third-order valence-corrected chi connectivity index (χ3v) is 5.91. The Bertz CT molecular complexity index is 1410. The molecule has 4 aromatic rings. The Hall–Kier alpha value is -5.58. The average molecular weight is 589 g/mol. The summed E-state index contributed by atoms with van der Waals surface area (Å²) in [4.78, 5) is 21.3. The summed E-state index contributed by atoms with van der Waals surface area (Å²) in [5, 5.41) is 17.5. The highest BCUT2D eigenvalue weighted by Crippen LogP contribution is 2.33. The molecule has 11 nitrogen and oxygen atoms in total. The summed E-state index contributed by atoms with van der Waals surface area (Å²) >= 11 is 0. The molecule has 4 aromatic carbocycles. The molecule has 0 aliphatic carbocycles. The summed E-state index contributed by atoms with van der Waals surface area (Å²) in [6, 6.07) is 24.2. The lowest BCUT2D eigenvalue weighted by Gasteiger charge is -2.12. The van der Waals surface area contributed by atoms with Gasteiger partial charge < -0.3 is 45.4 Å². The Morgan fingerprint density at radius 3 is 1.14 bits per heavy atom. The lowest BCUT2D eigenvalue weighted by molar-refractivity contribution is -0.138. The maximum Gasteiger partial charge on any atom is 0.303 e. The van der Waals surface area contributed by atoms with Crippen molar-refractivity contribution in [1.29, 1.82) is 0 Å². The van der Waals surface area contributed by atoms with E-state index in [0.29, 0.717) is 70.2 Å². The second-order valence-corrected chi connectivity index (χ2v) is 9.34. The van der Waals surface area contributed by atoms with Crippen LogP contribution in [0.3, 0.4) is 0 Å². The second-order valence-electron chi connectivity index (χ2n) is 9.34. The van der Waals surface area contributed by atoms with Crippen LogP contribution in [0.2, 0.25) is 0 Å². The van der Waals surface area contributed by atoms with E-state index in [9.17, 15) is 9.59 Å². The second kappa shape index (κ2) is 14.9. The van der Waals surface area contributed by atoms with E-state index < -0.39 is 11.9 Å². The van der Waals surface area contributed by atoms with E-state index in [1.54, 1.807) is 84.9 Å². The minimum atomic E-state index is -0.879. The van der Waals surface area contributed by atoms with Crippen molar-refractivity contribution in [2.45, 2.75) is 25.7 Å². The molecule has 43 heavy (non-hydrogen) atoms. The van der Waals surface area contributed by atoms with E-state index in [2.05, 4.69) is 0 Å². The zero-order valence-electron chi connectivity index (χ0n) is 23.2. The van der Waals surface area contributed by atoms with E-state index in [0.717, 1.165) is 0 Å². The molecule has 0 amide bonds. The minimum Gasteiger partial charge on any atom is -0.491 e.